The summed E-state index contributed by atoms with van der Waals surface area (Å²) < 4.78 is 0. The molecule has 5 nitrogen and oxygen atoms in total. The average Bonchev–Trinajstić information content (AvgIpc) is 2.64. The van der Waals surface area contributed by atoms with Crippen molar-refractivity contribution in [3.05, 3.63) is 58.1 Å². The Hall–Kier alpha value is -1.85. The molecule has 0 aliphatic carbocycles. The van der Waals surface area contributed by atoms with Crippen molar-refractivity contribution in [1.82, 2.24) is 20.2 Å². The van der Waals surface area contributed by atoms with Gasteiger partial charge in [-0.25, -0.2) is 14.8 Å². The summed E-state index contributed by atoms with van der Waals surface area (Å²) in [6.07, 6.45) is 5.14. The number of nitrogens with zero attached hydrogens (tertiary/aromatic N) is 3. The van der Waals surface area contributed by atoms with Crippen LogP contribution >= 0.6 is 23.2 Å². The van der Waals surface area contributed by atoms with Crippen molar-refractivity contribution in [2.75, 3.05) is 13.1 Å². The molecule has 1 aromatic heterocycles. The predicted molar refractivity (Wildman–Crippen MR) is 99.0 cm³/mol. The van der Waals surface area contributed by atoms with Crippen LogP contribution in [0.5, 0.6) is 0 Å². The van der Waals surface area contributed by atoms with Crippen molar-refractivity contribution in [2.24, 2.45) is 0 Å². The van der Waals surface area contributed by atoms with Gasteiger partial charge in [0.05, 0.1) is 16.1 Å². The van der Waals surface area contributed by atoms with E-state index < -0.39 is 0 Å². The van der Waals surface area contributed by atoms with Gasteiger partial charge in [-0.2, -0.15) is 0 Å². The molecule has 1 N–H and O–H groups in total. The molecule has 1 saturated heterocycles. The molecule has 1 fully saturated rings. The number of amides is 2. The van der Waals surface area contributed by atoms with E-state index in [1.54, 1.807) is 18.6 Å². The highest BCUT2D eigenvalue weighted by Crippen LogP contribution is 2.30. The van der Waals surface area contributed by atoms with E-state index in [1.807, 2.05) is 30.0 Å². The maximum Gasteiger partial charge on any atom is 0.317 e. The Kier molecular flexibility index (Phi) is 5.76. The summed E-state index contributed by atoms with van der Waals surface area (Å²) >= 11 is 12.3. The second kappa shape index (κ2) is 8.02. The van der Waals surface area contributed by atoms with Gasteiger partial charge in [-0.05, 0) is 37.5 Å². The highest BCUT2D eigenvalue weighted by Gasteiger charge is 2.25. The van der Waals surface area contributed by atoms with E-state index in [-0.39, 0.29) is 12.1 Å². The van der Waals surface area contributed by atoms with Crippen LogP contribution in [-0.4, -0.2) is 34.0 Å². The maximum atomic E-state index is 12.5. The van der Waals surface area contributed by atoms with Gasteiger partial charge >= 0.3 is 6.03 Å². The molecule has 2 heterocycles. The second-order valence-electron chi connectivity index (χ2n) is 6.21. The molecular formula is C18H20Cl2N4O. The van der Waals surface area contributed by atoms with E-state index in [4.69, 9.17) is 23.2 Å². The van der Waals surface area contributed by atoms with Crippen LogP contribution in [0.25, 0.3) is 0 Å². The van der Waals surface area contributed by atoms with Crippen LogP contribution in [0.1, 0.15) is 43.0 Å². The van der Waals surface area contributed by atoms with Crippen LogP contribution in [-0.2, 0) is 0 Å². The first-order valence-corrected chi connectivity index (χ1v) is 9.07. The molecular weight excluding hydrogens is 359 g/mol. The van der Waals surface area contributed by atoms with Crippen LogP contribution in [0.3, 0.4) is 0 Å². The number of benzene rings is 1. The molecule has 7 heteroatoms. The molecule has 1 atom stereocenters. The predicted octanol–water partition coefficient (Wildman–Crippen LogP) is 4.43. The molecule has 1 aliphatic heterocycles. The first-order chi connectivity index (χ1) is 12.1. The van der Waals surface area contributed by atoms with Gasteiger partial charge in [0.2, 0.25) is 0 Å². The van der Waals surface area contributed by atoms with Gasteiger partial charge in [0.15, 0.2) is 0 Å². The number of piperidine rings is 1. The van der Waals surface area contributed by atoms with Gasteiger partial charge in [0.1, 0.15) is 6.33 Å². The van der Waals surface area contributed by atoms with E-state index in [0.29, 0.717) is 29.1 Å². The average molecular weight is 379 g/mol. The first-order valence-electron chi connectivity index (χ1n) is 8.31. The largest absolute Gasteiger partial charge is 0.331 e. The third-order valence-electron chi connectivity index (χ3n) is 4.59. The van der Waals surface area contributed by atoms with E-state index >= 15 is 0 Å². The molecule has 1 unspecified atom stereocenters. The van der Waals surface area contributed by atoms with Gasteiger partial charge in [-0.1, -0.05) is 35.3 Å². The molecule has 1 aliphatic rings. The lowest BCUT2D eigenvalue weighted by atomic mass is 9.93. The summed E-state index contributed by atoms with van der Waals surface area (Å²) in [5, 5.41) is 3.98. The number of likely N-dealkylation sites (tertiary alicyclic amines) is 1. The van der Waals surface area contributed by atoms with Crippen molar-refractivity contribution >= 4 is 29.2 Å². The molecule has 25 heavy (non-hydrogen) atoms. The minimum atomic E-state index is -0.210. The number of nitrogens with one attached hydrogen (secondary N) is 1. The number of hydrogen-bond donors (Lipinski definition) is 1. The van der Waals surface area contributed by atoms with Crippen LogP contribution < -0.4 is 5.32 Å². The summed E-state index contributed by atoms with van der Waals surface area (Å²) in [4.78, 5) is 22.6. The number of aromatic nitrogens is 2. The zero-order chi connectivity index (χ0) is 17.8. The first kappa shape index (κ1) is 18.0. The SMILES string of the molecule is CC(NC(=O)N1CCC(c2ccncn2)CC1)c1cccc(Cl)c1Cl. The van der Waals surface area contributed by atoms with Crippen molar-refractivity contribution in [1.29, 1.82) is 0 Å². The number of urea groups is 1. The number of halogens is 2. The molecule has 3 rings (SSSR count). The summed E-state index contributed by atoms with van der Waals surface area (Å²) in [5.74, 6) is 0.381. The quantitative estimate of drug-likeness (QED) is 0.858. The Morgan fingerprint density at radius 1 is 1.28 bits per heavy atom. The molecule has 1 aromatic carbocycles. The Morgan fingerprint density at radius 2 is 2.04 bits per heavy atom. The summed E-state index contributed by atoms with van der Waals surface area (Å²) in [5.41, 5.74) is 1.87. The fourth-order valence-electron chi connectivity index (χ4n) is 3.13. The number of carbonyl (C=O) groups is 1. The van der Waals surface area contributed by atoms with Crippen LogP contribution in [0.4, 0.5) is 4.79 Å². The fourth-order valence-corrected chi connectivity index (χ4v) is 3.60. The molecule has 0 saturated carbocycles. The highest BCUT2D eigenvalue weighted by molar-refractivity contribution is 6.42. The Labute approximate surface area is 157 Å². The molecule has 0 spiro atoms. The maximum absolute atomic E-state index is 12.5. The highest BCUT2D eigenvalue weighted by atomic mass is 35.5. The van der Waals surface area contributed by atoms with E-state index in [0.717, 1.165) is 24.1 Å². The van der Waals surface area contributed by atoms with E-state index in [1.165, 1.54) is 0 Å². The van der Waals surface area contributed by atoms with E-state index in [9.17, 15) is 4.79 Å². The summed E-state index contributed by atoms with van der Waals surface area (Å²) in [7, 11) is 0. The molecule has 0 bridgehead atoms. The summed E-state index contributed by atoms with van der Waals surface area (Å²) in [6.45, 7) is 3.32. The Bertz CT molecular complexity index is 733. The zero-order valence-corrected chi connectivity index (χ0v) is 15.5. The Morgan fingerprint density at radius 3 is 2.72 bits per heavy atom. The Balaban J connectivity index is 1.57. The van der Waals surface area contributed by atoms with Crippen LogP contribution in [0.15, 0.2) is 36.8 Å². The normalized spacial score (nSPS) is 16.5. The monoisotopic (exact) mass is 378 g/mol. The molecule has 0 radical (unpaired) electrons. The lowest BCUT2D eigenvalue weighted by molar-refractivity contribution is 0.178. The minimum Gasteiger partial charge on any atom is -0.331 e. The molecule has 2 aromatic rings. The standard InChI is InChI=1S/C18H20Cl2N4O/c1-12(14-3-2-4-15(19)17(14)20)23-18(25)24-9-6-13(7-10-24)16-5-8-21-11-22-16/h2-5,8,11-13H,6-7,9-10H2,1H3,(H,23,25). The lowest BCUT2D eigenvalue weighted by Crippen LogP contribution is -2.44. The van der Waals surface area contributed by atoms with Gasteiger partial charge in [0.25, 0.3) is 0 Å². The zero-order valence-electron chi connectivity index (χ0n) is 14.0. The molecule has 132 valence electrons. The van der Waals surface area contributed by atoms with Crippen LogP contribution in [0.2, 0.25) is 10.0 Å². The second-order valence-corrected chi connectivity index (χ2v) is 6.99. The third kappa shape index (κ3) is 4.22. The summed E-state index contributed by atoms with van der Waals surface area (Å²) in [6, 6.07) is 7.10. The lowest BCUT2D eigenvalue weighted by Gasteiger charge is -2.32. The number of hydrogen-bond acceptors (Lipinski definition) is 3. The van der Waals surface area contributed by atoms with E-state index in [2.05, 4.69) is 15.3 Å². The minimum absolute atomic E-state index is 0.0790. The van der Waals surface area contributed by atoms with Crippen molar-refractivity contribution in [3.63, 3.8) is 0 Å². The number of rotatable bonds is 3. The van der Waals surface area contributed by atoms with Gasteiger partial charge < -0.3 is 10.2 Å². The van der Waals surface area contributed by atoms with Gasteiger partial charge in [0, 0.05) is 30.9 Å². The topological polar surface area (TPSA) is 58.1 Å². The smallest absolute Gasteiger partial charge is 0.317 e. The van der Waals surface area contributed by atoms with Crippen LogP contribution in [0, 0.1) is 0 Å². The molecule has 2 amide bonds. The van der Waals surface area contributed by atoms with Gasteiger partial charge in [-0.3, -0.25) is 0 Å². The van der Waals surface area contributed by atoms with Gasteiger partial charge in [-0.15, -0.1) is 0 Å². The van der Waals surface area contributed by atoms with Crippen molar-refractivity contribution < 1.29 is 4.79 Å². The third-order valence-corrected chi connectivity index (χ3v) is 5.43. The number of carbonyl (C=O) groups excluding carboxylic acids is 1. The fraction of sp³-hybridized carbons (Fsp3) is 0.389. The van der Waals surface area contributed by atoms with Crippen molar-refractivity contribution in [3.8, 4) is 0 Å². The van der Waals surface area contributed by atoms with Crippen molar-refractivity contribution in [2.45, 2.75) is 31.7 Å².